The van der Waals surface area contributed by atoms with Crippen LogP contribution < -0.4 is 4.90 Å². The minimum Gasteiger partial charge on any atom is -0.505 e. The van der Waals surface area contributed by atoms with Crippen molar-refractivity contribution in [1.29, 1.82) is 0 Å². The summed E-state index contributed by atoms with van der Waals surface area (Å²) in [5.41, 5.74) is 1.21. The SMILES string of the molecule is C=C1CCC(C(=O)N(c2cc(F)c(O)cc2C(=O)OC)C(C)C)CC1. The third-order valence-corrected chi connectivity index (χ3v) is 4.53. The van der Waals surface area contributed by atoms with Gasteiger partial charge in [-0.1, -0.05) is 12.2 Å². The largest absolute Gasteiger partial charge is 0.505 e. The van der Waals surface area contributed by atoms with Gasteiger partial charge in [-0.15, -0.1) is 0 Å². The quantitative estimate of drug-likeness (QED) is 0.663. The normalized spacial score (nSPS) is 15.3. The molecule has 136 valence electrons. The van der Waals surface area contributed by atoms with Crippen LogP contribution in [0.3, 0.4) is 0 Å². The van der Waals surface area contributed by atoms with Gasteiger partial charge in [-0.2, -0.15) is 0 Å². The van der Waals surface area contributed by atoms with E-state index >= 15 is 0 Å². The molecule has 0 atom stereocenters. The fourth-order valence-electron chi connectivity index (χ4n) is 3.15. The van der Waals surface area contributed by atoms with E-state index in [9.17, 15) is 19.1 Å². The zero-order chi connectivity index (χ0) is 18.7. The van der Waals surface area contributed by atoms with Gasteiger partial charge in [-0.25, -0.2) is 9.18 Å². The Balaban J connectivity index is 2.46. The zero-order valence-electron chi connectivity index (χ0n) is 14.8. The zero-order valence-corrected chi connectivity index (χ0v) is 14.8. The summed E-state index contributed by atoms with van der Waals surface area (Å²) >= 11 is 0. The molecule has 0 saturated heterocycles. The number of carbonyl (C=O) groups excluding carboxylic acids is 2. The van der Waals surface area contributed by atoms with E-state index in [-0.39, 0.29) is 29.1 Å². The van der Waals surface area contributed by atoms with Crippen molar-refractivity contribution in [3.05, 3.63) is 35.7 Å². The molecule has 0 aromatic heterocycles. The molecule has 1 fully saturated rings. The maximum atomic E-state index is 14.0. The average Bonchev–Trinajstić information content (AvgIpc) is 2.57. The van der Waals surface area contributed by atoms with E-state index in [1.807, 2.05) is 0 Å². The first-order valence-corrected chi connectivity index (χ1v) is 8.36. The molecule has 0 aliphatic heterocycles. The molecule has 0 unspecified atom stereocenters. The summed E-state index contributed by atoms with van der Waals surface area (Å²) in [5.74, 6) is -2.64. The number of rotatable bonds is 4. The van der Waals surface area contributed by atoms with Crippen molar-refractivity contribution in [2.24, 2.45) is 5.92 Å². The summed E-state index contributed by atoms with van der Waals surface area (Å²) in [7, 11) is 1.20. The number of hydrogen-bond donors (Lipinski definition) is 1. The molecule has 0 bridgehead atoms. The first kappa shape index (κ1) is 19.0. The van der Waals surface area contributed by atoms with Crippen molar-refractivity contribution in [3.63, 3.8) is 0 Å². The number of phenolic OH excluding ortho intramolecular Hbond substituents is 1. The molecular formula is C19H24FNO4. The van der Waals surface area contributed by atoms with Gasteiger partial charge >= 0.3 is 5.97 Å². The molecule has 25 heavy (non-hydrogen) atoms. The number of amides is 1. The second kappa shape index (κ2) is 7.68. The van der Waals surface area contributed by atoms with E-state index in [4.69, 9.17) is 4.74 Å². The molecule has 2 rings (SSSR count). The van der Waals surface area contributed by atoms with Crippen molar-refractivity contribution in [3.8, 4) is 5.75 Å². The highest BCUT2D eigenvalue weighted by Gasteiger charge is 2.32. The number of halogens is 1. The van der Waals surface area contributed by atoms with Crippen LogP contribution in [0.4, 0.5) is 10.1 Å². The number of esters is 1. The minimum absolute atomic E-state index is 0.0383. The minimum atomic E-state index is -0.891. The second-order valence-electron chi connectivity index (χ2n) is 6.64. The highest BCUT2D eigenvalue weighted by molar-refractivity contribution is 6.04. The van der Waals surface area contributed by atoms with Crippen LogP contribution >= 0.6 is 0 Å². The van der Waals surface area contributed by atoms with Crippen molar-refractivity contribution >= 4 is 17.6 Å². The van der Waals surface area contributed by atoms with Crippen molar-refractivity contribution in [2.75, 3.05) is 12.0 Å². The number of allylic oxidation sites excluding steroid dienone is 1. The van der Waals surface area contributed by atoms with Crippen LogP contribution in [0, 0.1) is 11.7 Å². The number of methoxy groups -OCH3 is 1. The van der Waals surface area contributed by atoms with Crippen LogP contribution in [0.2, 0.25) is 0 Å². The van der Waals surface area contributed by atoms with Crippen LogP contribution in [0.5, 0.6) is 5.75 Å². The van der Waals surface area contributed by atoms with Gasteiger partial charge in [-0.05, 0) is 45.6 Å². The number of benzene rings is 1. The Bertz CT molecular complexity index is 689. The number of carbonyl (C=O) groups is 2. The maximum Gasteiger partial charge on any atom is 0.340 e. The fourth-order valence-corrected chi connectivity index (χ4v) is 3.15. The third-order valence-electron chi connectivity index (χ3n) is 4.53. The molecule has 1 saturated carbocycles. The molecular weight excluding hydrogens is 325 g/mol. The molecule has 1 amide bonds. The molecule has 6 heteroatoms. The van der Waals surface area contributed by atoms with Crippen LogP contribution in [-0.2, 0) is 9.53 Å². The number of ether oxygens (including phenoxy) is 1. The number of nitrogens with zero attached hydrogens (tertiary/aromatic N) is 1. The number of anilines is 1. The number of aromatic hydroxyl groups is 1. The molecule has 1 aliphatic rings. The Labute approximate surface area is 147 Å². The monoisotopic (exact) mass is 349 g/mol. The molecule has 1 N–H and O–H groups in total. The lowest BCUT2D eigenvalue weighted by atomic mass is 9.85. The summed E-state index contributed by atoms with van der Waals surface area (Å²) in [4.78, 5) is 26.6. The molecule has 5 nitrogen and oxygen atoms in total. The summed E-state index contributed by atoms with van der Waals surface area (Å²) in [6.07, 6.45) is 2.95. The van der Waals surface area contributed by atoms with Crippen LogP contribution in [-0.4, -0.2) is 30.1 Å². The predicted octanol–water partition coefficient (Wildman–Crippen LogP) is 3.81. The molecule has 1 aromatic carbocycles. The van der Waals surface area contributed by atoms with Crippen LogP contribution in [0.15, 0.2) is 24.3 Å². The predicted molar refractivity (Wildman–Crippen MR) is 93.1 cm³/mol. The van der Waals surface area contributed by atoms with Crippen LogP contribution in [0.25, 0.3) is 0 Å². The summed E-state index contributed by atoms with van der Waals surface area (Å²) < 4.78 is 18.7. The van der Waals surface area contributed by atoms with Gasteiger partial charge in [0.15, 0.2) is 11.6 Å². The Hall–Kier alpha value is -2.37. The highest BCUT2D eigenvalue weighted by atomic mass is 19.1. The fraction of sp³-hybridized carbons (Fsp3) is 0.474. The second-order valence-corrected chi connectivity index (χ2v) is 6.64. The number of hydrogen-bond acceptors (Lipinski definition) is 4. The summed E-state index contributed by atoms with van der Waals surface area (Å²) in [5, 5.41) is 9.61. The van der Waals surface area contributed by atoms with E-state index in [2.05, 4.69) is 6.58 Å². The van der Waals surface area contributed by atoms with Gasteiger partial charge in [0.05, 0.1) is 18.4 Å². The van der Waals surface area contributed by atoms with Gasteiger partial charge < -0.3 is 14.7 Å². The van der Waals surface area contributed by atoms with Gasteiger partial charge in [0.25, 0.3) is 0 Å². The Kier molecular flexibility index (Phi) is 5.82. The Morgan fingerprint density at radius 3 is 2.44 bits per heavy atom. The lowest BCUT2D eigenvalue weighted by molar-refractivity contribution is -0.123. The lowest BCUT2D eigenvalue weighted by Gasteiger charge is -2.33. The van der Waals surface area contributed by atoms with E-state index in [1.54, 1.807) is 13.8 Å². The first-order valence-electron chi connectivity index (χ1n) is 8.36. The smallest absolute Gasteiger partial charge is 0.340 e. The Morgan fingerprint density at radius 2 is 1.92 bits per heavy atom. The lowest BCUT2D eigenvalue weighted by Crippen LogP contribution is -2.42. The van der Waals surface area contributed by atoms with Crippen molar-refractivity contribution in [1.82, 2.24) is 0 Å². The van der Waals surface area contributed by atoms with E-state index in [1.165, 1.54) is 12.0 Å². The standard InChI is InChI=1S/C19H24FNO4/c1-11(2)21(18(23)13-7-5-12(3)6-8-13)16-10-15(20)17(22)9-14(16)19(24)25-4/h9-11,13,22H,3,5-8H2,1-2,4H3. The van der Waals surface area contributed by atoms with Crippen LogP contribution in [0.1, 0.15) is 49.9 Å². The number of phenols is 1. The maximum absolute atomic E-state index is 14.0. The average molecular weight is 349 g/mol. The summed E-state index contributed by atoms with van der Waals surface area (Å²) in [6, 6.07) is 1.73. The van der Waals surface area contributed by atoms with E-state index in [0.29, 0.717) is 12.8 Å². The molecule has 1 aromatic rings. The van der Waals surface area contributed by atoms with Crippen molar-refractivity contribution < 1.29 is 23.8 Å². The van der Waals surface area contributed by atoms with Gasteiger partial charge in [0.1, 0.15) is 0 Å². The van der Waals surface area contributed by atoms with Crippen molar-refractivity contribution in [2.45, 2.75) is 45.6 Å². The van der Waals surface area contributed by atoms with E-state index in [0.717, 1.165) is 30.5 Å². The van der Waals surface area contributed by atoms with Gasteiger partial charge in [0, 0.05) is 18.0 Å². The van der Waals surface area contributed by atoms with Gasteiger partial charge in [-0.3, -0.25) is 4.79 Å². The molecule has 0 spiro atoms. The van der Waals surface area contributed by atoms with Gasteiger partial charge in [0.2, 0.25) is 5.91 Å². The highest BCUT2D eigenvalue weighted by Crippen LogP contribution is 2.34. The molecule has 0 heterocycles. The van der Waals surface area contributed by atoms with E-state index < -0.39 is 17.5 Å². The molecule has 1 aliphatic carbocycles. The third kappa shape index (κ3) is 4.00. The topological polar surface area (TPSA) is 66.8 Å². The first-order chi connectivity index (χ1) is 11.8. The molecule has 0 radical (unpaired) electrons. The Morgan fingerprint density at radius 1 is 1.32 bits per heavy atom. The summed E-state index contributed by atoms with van der Waals surface area (Å²) in [6.45, 7) is 7.55.